The minimum absolute atomic E-state index is 0.102. The van der Waals surface area contributed by atoms with Gasteiger partial charge in [-0.3, -0.25) is 15.3 Å². The van der Waals surface area contributed by atoms with E-state index in [1.54, 1.807) is 27.1 Å². The number of rotatable bonds is 9. The summed E-state index contributed by atoms with van der Waals surface area (Å²) < 4.78 is 27.2. The van der Waals surface area contributed by atoms with Gasteiger partial charge in [0.2, 0.25) is 5.96 Å². The molecule has 0 saturated carbocycles. The maximum atomic E-state index is 14.0. The van der Waals surface area contributed by atoms with Crippen molar-refractivity contribution in [1.29, 1.82) is 5.41 Å². The molecule has 0 aromatic carbocycles. The molecule has 0 fully saturated rings. The molecule has 6 nitrogen and oxygen atoms in total. The van der Waals surface area contributed by atoms with Crippen molar-refractivity contribution in [2.24, 2.45) is 4.99 Å². The predicted octanol–water partition coefficient (Wildman–Crippen LogP) is 6.42. The lowest BCUT2D eigenvalue weighted by atomic mass is 10.0. The normalized spacial score (nSPS) is 17.1. The van der Waals surface area contributed by atoms with Crippen molar-refractivity contribution in [3.8, 4) is 0 Å². The lowest BCUT2D eigenvalue weighted by Gasteiger charge is -2.27. The minimum Gasteiger partial charge on any atom is -0.330 e. The van der Waals surface area contributed by atoms with Crippen LogP contribution in [0.1, 0.15) is 60.3 Å². The first-order chi connectivity index (χ1) is 16.1. The second-order valence-corrected chi connectivity index (χ2v) is 8.18. The van der Waals surface area contributed by atoms with Gasteiger partial charge < -0.3 is 10.2 Å². The topological polar surface area (TPSA) is 71.8 Å². The molecule has 1 aliphatic rings. The van der Waals surface area contributed by atoms with Gasteiger partial charge in [-0.25, -0.2) is 13.6 Å². The Hall–Kier alpha value is -3.03. The third-order valence-electron chi connectivity index (χ3n) is 5.46. The second-order valence-electron chi connectivity index (χ2n) is 8.18. The molecule has 0 saturated heterocycles. The Morgan fingerprint density at radius 2 is 1.85 bits per heavy atom. The molecule has 34 heavy (non-hydrogen) atoms. The van der Waals surface area contributed by atoms with Gasteiger partial charge in [-0.15, -0.1) is 0 Å². The number of urea groups is 1. The third kappa shape index (κ3) is 8.39. The fraction of sp³-hybridized carbons (Fsp3) is 0.500. The minimum atomic E-state index is -0.872. The van der Waals surface area contributed by atoms with Crippen LogP contribution in [0.5, 0.6) is 0 Å². The van der Waals surface area contributed by atoms with E-state index in [-0.39, 0.29) is 36.6 Å². The molecule has 2 amide bonds. The van der Waals surface area contributed by atoms with Gasteiger partial charge in [0.15, 0.2) is 5.83 Å². The lowest BCUT2D eigenvalue weighted by molar-refractivity contribution is 0.194. The van der Waals surface area contributed by atoms with Crippen LogP contribution in [0, 0.1) is 5.41 Å². The van der Waals surface area contributed by atoms with Gasteiger partial charge in [0.05, 0.1) is 11.8 Å². The Kier molecular flexibility index (Phi) is 12.2. The number of nitrogens with zero attached hydrogens (tertiary/aromatic N) is 3. The molecule has 8 heteroatoms. The summed E-state index contributed by atoms with van der Waals surface area (Å²) in [5.41, 5.74) is 2.74. The largest absolute Gasteiger partial charge is 0.330 e. The highest BCUT2D eigenvalue weighted by atomic mass is 19.2. The van der Waals surface area contributed by atoms with E-state index in [1.807, 2.05) is 31.2 Å². The van der Waals surface area contributed by atoms with E-state index in [4.69, 9.17) is 10.4 Å². The van der Waals surface area contributed by atoms with Crippen molar-refractivity contribution in [1.82, 2.24) is 15.1 Å². The Balaban J connectivity index is 3.05. The summed E-state index contributed by atoms with van der Waals surface area (Å²) in [6.45, 7) is 9.11. The van der Waals surface area contributed by atoms with E-state index in [0.717, 1.165) is 31.1 Å². The van der Waals surface area contributed by atoms with E-state index >= 15 is 0 Å². The summed E-state index contributed by atoms with van der Waals surface area (Å²) in [5, 5.41) is 11.5. The molecule has 188 valence electrons. The van der Waals surface area contributed by atoms with Crippen molar-refractivity contribution in [3.63, 3.8) is 0 Å². The highest BCUT2D eigenvalue weighted by Gasteiger charge is 2.21. The molecule has 0 spiro atoms. The van der Waals surface area contributed by atoms with Gasteiger partial charge in [0, 0.05) is 26.3 Å². The van der Waals surface area contributed by atoms with Gasteiger partial charge in [0.25, 0.3) is 0 Å². The Bertz CT molecular complexity index is 917. The number of hydrogen-bond donors (Lipinski definition) is 2. The van der Waals surface area contributed by atoms with Crippen molar-refractivity contribution in [2.75, 3.05) is 20.6 Å². The Morgan fingerprint density at radius 1 is 1.21 bits per heavy atom. The number of guanidine groups is 1. The molecule has 2 N–H and O–H groups in total. The summed E-state index contributed by atoms with van der Waals surface area (Å²) in [7, 11) is 3.20. The number of hydrogen-bond acceptors (Lipinski definition) is 3. The monoisotopic (exact) mass is 475 g/mol. The summed E-state index contributed by atoms with van der Waals surface area (Å²) >= 11 is 0. The zero-order valence-electron chi connectivity index (χ0n) is 21.5. The van der Waals surface area contributed by atoms with E-state index in [2.05, 4.69) is 19.2 Å². The van der Waals surface area contributed by atoms with Crippen molar-refractivity contribution in [2.45, 2.75) is 66.3 Å². The highest BCUT2D eigenvalue weighted by Crippen LogP contribution is 2.21. The van der Waals surface area contributed by atoms with E-state index in [9.17, 15) is 13.6 Å². The molecule has 0 heterocycles. The van der Waals surface area contributed by atoms with Gasteiger partial charge >= 0.3 is 6.03 Å². The summed E-state index contributed by atoms with van der Waals surface area (Å²) in [6.07, 6.45) is 11.7. The first-order valence-electron chi connectivity index (χ1n) is 11.8. The van der Waals surface area contributed by atoms with Crippen LogP contribution in [-0.4, -0.2) is 54.2 Å². The van der Waals surface area contributed by atoms with E-state index in [0.29, 0.717) is 12.1 Å². The first-order valence-corrected chi connectivity index (χ1v) is 11.8. The zero-order valence-corrected chi connectivity index (χ0v) is 21.5. The van der Waals surface area contributed by atoms with Crippen molar-refractivity contribution >= 4 is 17.7 Å². The number of carbonyl (C=O) groups excluding carboxylic acids is 1. The predicted molar refractivity (Wildman–Crippen MR) is 137 cm³/mol. The average molecular weight is 476 g/mol. The number of allylic oxidation sites excluding steroid dienone is 8. The maximum absolute atomic E-state index is 14.0. The van der Waals surface area contributed by atoms with Gasteiger partial charge in [-0.05, 0) is 68.9 Å². The molecule has 0 aromatic rings. The molecule has 0 unspecified atom stereocenters. The molecule has 0 radical (unpaired) electrons. The molecule has 1 rings (SSSR count). The van der Waals surface area contributed by atoms with Crippen LogP contribution in [0.2, 0.25) is 0 Å². The van der Waals surface area contributed by atoms with Crippen LogP contribution in [0.25, 0.3) is 0 Å². The number of halogens is 2. The highest BCUT2D eigenvalue weighted by molar-refractivity contribution is 6.12. The van der Waals surface area contributed by atoms with Crippen molar-refractivity contribution in [3.05, 3.63) is 58.9 Å². The molecule has 0 bridgehead atoms. The molecule has 0 atom stereocenters. The van der Waals surface area contributed by atoms with Crippen LogP contribution in [0.4, 0.5) is 13.6 Å². The van der Waals surface area contributed by atoms with Gasteiger partial charge in [-0.2, -0.15) is 0 Å². The van der Waals surface area contributed by atoms with Crippen LogP contribution in [0.3, 0.4) is 0 Å². The SMILES string of the molecule is C/C=C1/C=C(NC(=N)N(CC/C=C(CC)\C(F)=C(/C)F)C(=O)N(C)C)C=C/C1=N/C(CC)CC. The Labute approximate surface area is 203 Å². The fourth-order valence-electron chi connectivity index (χ4n) is 3.38. The summed E-state index contributed by atoms with van der Waals surface area (Å²) in [5.74, 6) is -1.84. The average Bonchev–Trinajstić information content (AvgIpc) is 2.82. The van der Waals surface area contributed by atoms with Gasteiger partial charge in [0.1, 0.15) is 5.83 Å². The lowest BCUT2D eigenvalue weighted by Crippen LogP contribution is -2.48. The van der Waals surface area contributed by atoms with E-state index in [1.165, 1.54) is 9.80 Å². The maximum Gasteiger partial charge on any atom is 0.326 e. The van der Waals surface area contributed by atoms with Crippen LogP contribution in [-0.2, 0) is 0 Å². The number of amides is 2. The number of carbonyl (C=O) groups is 1. The fourth-order valence-corrected chi connectivity index (χ4v) is 3.38. The molecular weight excluding hydrogens is 436 g/mol. The second kappa shape index (κ2) is 14.3. The van der Waals surface area contributed by atoms with Crippen LogP contribution >= 0.6 is 0 Å². The van der Waals surface area contributed by atoms with Crippen molar-refractivity contribution < 1.29 is 13.6 Å². The quantitative estimate of drug-likeness (QED) is 0.229. The van der Waals surface area contributed by atoms with E-state index < -0.39 is 11.7 Å². The standard InChI is InChI=1S/C26H39F2N5O/c1-8-19(24(28)18(5)27)13-12-16-33(26(34)32(6)7)25(29)31-22-14-15-23(20(9-2)17-22)30-21(10-3)11-4/h9,13-15,17,21H,8,10-12,16H2,1-7H3,(H2,29,31)/b19-13-,20-9-,24-18-,30-23-. The molecule has 0 aliphatic heterocycles. The zero-order chi connectivity index (χ0) is 25.8. The third-order valence-corrected chi connectivity index (χ3v) is 5.46. The Morgan fingerprint density at radius 3 is 2.35 bits per heavy atom. The number of nitrogens with one attached hydrogen (secondary N) is 2. The molecular formula is C26H39F2N5O. The first kappa shape index (κ1) is 29.0. The molecule has 1 aliphatic carbocycles. The smallest absolute Gasteiger partial charge is 0.326 e. The van der Waals surface area contributed by atoms with Gasteiger partial charge in [-0.1, -0.05) is 32.9 Å². The van der Waals surface area contributed by atoms with Crippen LogP contribution in [0.15, 0.2) is 63.9 Å². The summed E-state index contributed by atoms with van der Waals surface area (Å²) in [6, 6.07) is -0.129. The van der Waals surface area contributed by atoms with Crippen LogP contribution < -0.4 is 5.32 Å². The molecule has 0 aromatic heterocycles. The summed E-state index contributed by atoms with van der Waals surface area (Å²) in [4.78, 5) is 20.2. The number of aliphatic imine (C=N–C) groups is 1.